The molecule has 4 aliphatic rings. The van der Waals surface area contributed by atoms with E-state index in [1.807, 2.05) is 65.0 Å². The Kier molecular flexibility index (Phi) is 19.1. The van der Waals surface area contributed by atoms with Gasteiger partial charge in [-0.25, -0.2) is 9.98 Å². The number of rotatable bonds is 12. The first-order chi connectivity index (χ1) is 34.5. The predicted molar refractivity (Wildman–Crippen MR) is 306 cm³/mol. The molecule has 0 saturated heterocycles. The largest absolute Gasteiger partial charge is 0.462 e. The Morgan fingerprint density at radius 2 is 1.54 bits per heavy atom. The minimum absolute atomic E-state index is 0.417. The van der Waals surface area contributed by atoms with Crippen LogP contribution in [0.4, 0.5) is 17.1 Å². The third kappa shape index (κ3) is 11.2. The maximum atomic E-state index is 7.01. The van der Waals surface area contributed by atoms with E-state index in [1.165, 1.54) is 16.8 Å². The molecule has 0 saturated carbocycles. The molecule has 9 rings (SSSR count). The Morgan fingerprint density at radius 1 is 0.814 bits per heavy atom. The molecule has 0 amide bonds. The number of ether oxygens (including phenoxy) is 1. The molecule has 0 spiro atoms. The fourth-order valence-corrected chi connectivity index (χ4v) is 9.35. The SMILES string of the molecule is C=C.C=C(/C=C\C=C/C)C1Nc2ccc3c4c(n(C5(C6=CCCCC=C6)CCC=NC(c6ccccc6)=N5)c3c2O1)CC=CC(c1ccc(N(C(/C=C\C)=C/CC)c2ccccc2)cc1)=C4.CC.CC. The van der Waals surface area contributed by atoms with Crippen molar-refractivity contribution in [2.24, 2.45) is 9.98 Å². The summed E-state index contributed by atoms with van der Waals surface area (Å²) in [5.74, 6) is 1.55. The van der Waals surface area contributed by atoms with Crippen LogP contribution < -0.4 is 15.0 Å². The summed E-state index contributed by atoms with van der Waals surface area (Å²) >= 11 is 0. The normalized spacial score (nSPS) is 18.2. The van der Waals surface area contributed by atoms with Gasteiger partial charge < -0.3 is 19.5 Å². The van der Waals surface area contributed by atoms with Crippen LogP contribution in [0.25, 0.3) is 22.6 Å². The molecule has 6 heteroatoms. The number of nitrogens with one attached hydrogen (secondary N) is 1. The zero-order chi connectivity index (χ0) is 49.9. The van der Waals surface area contributed by atoms with Gasteiger partial charge >= 0.3 is 0 Å². The van der Waals surface area contributed by atoms with Crippen LogP contribution in [0.3, 0.4) is 0 Å². The number of para-hydroxylation sites is 1. The van der Waals surface area contributed by atoms with Crippen LogP contribution in [-0.2, 0) is 12.1 Å². The van der Waals surface area contributed by atoms with E-state index in [2.05, 4.69) is 200 Å². The van der Waals surface area contributed by atoms with Crippen molar-refractivity contribution in [2.45, 2.75) is 105 Å². The molecule has 3 heterocycles. The number of fused-ring (bicyclic) bond motifs is 5. The molecule has 6 nitrogen and oxygen atoms in total. The quantitative estimate of drug-likeness (QED) is 0.100. The Bertz CT molecular complexity index is 2860. The van der Waals surface area contributed by atoms with Gasteiger partial charge in [-0.1, -0.05) is 169 Å². The Labute approximate surface area is 419 Å². The lowest BCUT2D eigenvalue weighted by Crippen LogP contribution is -2.36. The highest BCUT2D eigenvalue weighted by molar-refractivity contribution is 6.06. The number of benzene rings is 4. The highest BCUT2D eigenvalue weighted by atomic mass is 16.5. The van der Waals surface area contributed by atoms with Gasteiger partial charge in [0.1, 0.15) is 0 Å². The van der Waals surface area contributed by atoms with Gasteiger partial charge in [0, 0.05) is 63.9 Å². The summed E-state index contributed by atoms with van der Waals surface area (Å²) in [7, 11) is 0. The fraction of sp³-hybridized carbons (Fsp3) is 0.250. The van der Waals surface area contributed by atoms with Gasteiger partial charge in [-0.05, 0) is 111 Å². The molecule has 2 unspecified atom stereocenters. The number of hydrogen-bond acceptors (Lipinski definition) is 5. The smallest absolute Gasteiger partial charge is 0.196 e. The zero-order valence-corrected chi connectivity index (χ0v) is 42.7. The van der Waals surface area contributed by atoms with E-state index in [1.54, 1.807) is 0 Å². The summed E-state index contributed by atoms with van der Waals surface area (Å²) in [6.07, 6.45) is 36.6. The van der Waals surface area contributed by atoms with E-state index in [0.717, 1.165) is 106 Å². The maximum absolute atomic E-state index is 7.01. The number of anilines is 3. The van der Waals surface area contributed by atoms with Gasteiger partial charge in [-0.15, -0.1) is 13.2 Å². The van der Waals surface area contributed by atoms with Crippen LogP contribution >= 0.6 is 0 Å². The van der Waals surface area contributed by atoms with Gasteiger partial charge in [0.25, 0.3) is 0 Å². The van der Waals surface area contributed by atoms with Crippen molar-refractivity contribution in [2.75, 3.05) is 10.2 Å². The number of aromatic nitrogens is 1. The molecule has 2 aliphatic heterocycles. The van der Waals surface area contributed by atoms with Crippen molar-refractivity contribution >= 4 is 51.7 Å². The molecule has 1 N–H and O–H groups in total. The van der Waals surface area contributed by atoms with Crippen LogP contribution in [0, 0.1) is 0 Å². The van der Waals surface area contributed by atoms with E-state index in [0.29, 0.717) is 6.42 Å². The third-order valence-corrected chi connectivity index (χ3v) is 12.3. The number of amidine groups is 1. The number of aliphatic imine (C=N–C) groups is 2. The molecule has 4 aromatic carbocycles. The number of nitrogens with zero attached hydrogens (tertiary/aromatic N) is 4. The predicted octanol–water partition coefficient (Wildman–Crippen LogP) is 17.6. The first-order valence-corrected chi connectivity index (χ1v) is 25.4. The molecule has 2 aliphatic carbocycles. The van der Waals surface area contributed by atoms with E-state index in [9.17, 15) is 0 Å². The van der Waals surface area contributed by atoms with Crippen LogP contribution in [0.15, 0.2) is 217 Å². The van der Waals surface area contributed by atoms with Crippen molar-refractivity contribution in [3.05, 3.63) is 229 Å². The standard InChI is InChI=1S/C58H57N5O.2C2H6.C2H4/c1-5-8-13-24-42(4)57-60-52-38-37-50-51-41-45(43-33-35-49(36-34-43)62(47(22-6-2)23-7-3)48-30-18-12-19-31-48)27-20-32-53(51)63(54(50)55(52)64-57)58(46-28-16-9-10-17-29-46)39-21-40-59-56(61-58)44-25-14-11-15-26-44;3*1-2/h5-6,8,11-16,18-20,22-31,33-38,40-41,57,60H,4,7,9-10,17,21,32,39H2,1-3H3;2*1-2H3;1-2H2/b8-5-,22-6-,24-13-,47-23+;;;. The van der Waals surface area contributed by atoms with Gasteiger partial charge in [0.15, 0.2) is 23.5 Å². The minimum atomic E-state index is -0.820. The fourth-order valence-electron chi connectivity index (χ4n) is 9.35. The van der Waals surface area contributed by atoms with Crippen molar-refractivity contribution in [1.29, 1.82) is 0 Å². The average molecular weight is 928 g/mol. The van der Waals surface area contributed by atoms with E-state index in [4.69, 9.17) is 14.7 Å². The van der Waals surface area contributed by atoms with E-state index >= 15 is 0 Å². The summed E-state index contributed by atoms with van der Waals surface area (Å²) in [6.45, 7) is 24.7. The second kappa shape index (κ2) is 25.8. The topological polar surface area (TPSA) is 54.1 Å². The third-order valence-electron chi connectivity index (χ3n) is 12.3. The highest BCUT2D eigenvalue weighted by Gasteiger charge is 2.42. The van der Waals surface area contributed by atoms with Gasteiger partial charge in [0.05, 0.1) is 11.2 Å². The molecule has 70 heavy (non-hydrogen) atoms. The van der Waals surface area contributed by atoms with Crippen molar-refractivity contribution < 1.29 is 4.74 Å². The summed E-state index contributed by atoms with van der Waals surface area (Å²) in [6, 6.07) is 34.5. The minimum Gasteiger partial charge on any atom is -0.462 e. The molecule has 360 valence electrons. The maximum Gasteiger partial charge on any atom is 0.196 e. The second-order valence-corrected chi connectivity index (χ2v) is 16.6. The first-order valence-electron chi connectivity index (χ1n) is 25.4. The van der Waals surface area contributed by atoms with Crippen molar-refractivity contribution in [3.8, 4) is 5.75 Å². The van der Waals surface area contributed by atoms with Crippen LogP contribution in [0.1, 0.15) is 109 Å². The summed E-state index contributed by atoms with van der Waals surface area (Å²) < 4.78 is 9.55. The average Bonchev–Trinajstić information content (AvgIpc) is 3.61. The number of allylic oxidation sites excluding steroid dienone is 11. The lowest BCUT2D eigenvalue weighted by atomic mass is 9.92. The molecule has 0 bridgehead atoms. The van der Waals surface area contributed by atoms with Crippen LogP contribution in [0.2, 0.25) is 0 Å². The monoisotopic (exact) mass is 928 g/mol. The second-order valence-electron chi connectivity index (χ2n) is 16.6. The zero-order valence-electron chi connectivity index (χ0n) is 42.7. The van der Waals surface area contributed by atoms with Crippen LogP contribution in [-0.4, -0.2) is 22.8 Å². The lowest BCUT2D eigenvalue weighted by molar-refractivity contribution is 0.292. The number of hydrogen-bond donors (Lipinski definition) is 1. The Hall–Kier alpha value is -7.44. The Balaban J connectivity index is 0.00000129. The summed E-state index contributed by atoms with van der Waals surface area (Å²) in [5, 5.41) is 4.79. The molecular formula is C64H73N5O. The van der Waals surface area contributed by atoms with E-state index < -0.39 is 11.9 Å². The lowest BCUT2D eigenvalue weighted by Gasteiger charge is -2.36. The molecule has 0 fully saturated rings. The molecule has 1 aromatic heterocycles. The van der Waals surface area contributed by atoms with E-state index in [-0.39, 0.29) is 0 Å². The molecule has 5 aromatic rings. The van der Waals surface area contributed by atoms with Crippen molar-refractivity contribution in [1.82, 2.24) is 4.57 Å². The van der Waals surface area contributed by atoms with Crippen molar-refractivity contribution in [3.63, 3.8) is 0 Å². The van der Waals surface area contributed by atoms with Crippen LogP contribution in [0.5, 0.6) is 5.75 Å². The molecular weight excluding hydrogens is 855 g/mol. The van der Waals surface area contributed by atoms with Gasteiger partial charge in [0.2, 0.25) is 0 Å². The summed E-state index contributed by atoms with van der Waals surface area (Å²) in [5.41, 5.74) is 12.2. The first kappa shape index (κ1) is 51.9. The van der Waals surface area contributed by atoms with Gasteiger partial charge in [-0.2, -0.15) is 0 Å². The summed E-state index contributed by atoms with van der Waals surface area (Å²) in [4.78, 5) is 13.2. The molecule has 0 radical (unpaired) electrons. The highest BCUT2D eigenvalue weighted by Crippen LogP contribution is 2.50. The Morgan fingerprint density at radius 3 is 2.26 bits per heavy atom. The molecule has 2 atom stereocenters. The van der Waals surface area contributed by atoms with Gasteiger partial charge in [-0.3, -0.25) is 0 Å².